The first-order chi connectivity index (χ1) is 8.85. The third-order valence-corrected chi connectivity index (χ3v) is 6.39. The zero-order valence-corrected chi connectivity index (χ0v) is 15.0. The topological polar surface area (TPSA) is 0 Å². The Bertz CT molecular complexity index is 204. The van der Waals surface area contributed by atoms with Crippen molar-refractivity contribution in [1.29, 1.82) is 0 Å². The fourth-order valence-electron chi connectivity index (χ4n) is 1.69. The molecule has 0 rings (SSSR count). The van der Waals surface area contributed by atoms with Crippen molar-refractivity contribution in [2.75, 3.05) is 0 Å². The standard InChI is InChI=1S/C17H32Te/c1-4-7-10-11-13-15-17(14-12-8-5-2)18-16-9-6-3/h11,13,15H,4-10,12,14,16H2,1-3H3/b13-11+,17-15+. The van der Waals surface area contributed by atoms with Crippen LogP contribution in [0.1, 0.15) is 78.6 Å². The molecule has 0 aromatic heterocycles. The normalized spacial score (nSPS) is 12.5. The van der Waals surface area contributed by atoms with Gasteiger partial charge in [-0.1, -0.05) is 0 Å². The minimum atomic E-state index is 0.137. The molecule has 0 aromatic rings. The van der Waals surface area contributed by atoms with E-state index in [4.69, 9.17) is 0 Å². The molecule has 0 nitrogen and oxygen atoms in total. The van der Waals surface area contributed by atoms with Gasteiger partial charge < -0.3 is 0 Å². The van der Waals surface area contributed by atoms with Gasteiger partial charge in [0.25, 0.3) is 0 Å². The monoisotopic (exact) mass is 366 g/mol. The summed E-state index contributed by atoms with van der Waals surface area (Å²) in [5, 5.41) is 0. The Hall–Kier alpha value is 0.270. The number of rotatable bonds is 12. The summed E-state index contributed by atoms with van der Waals surface area (Å²) in [5.74, 6) is 0. The van der Waals surface area contributed by atoms with Crippen LogP contribution in [0.15, 0.2) is 21.8 Å². The third kappa shape index (κ3) is 12.7. The van der Waals surface area contributed by atoms with Crippen LogP contribution in [0.2, 0.25) is 4.47 Å². The van der Waals surface area contributed by atoms with Gasteiger partial charge in [0.1, 0.15) is 0 Å². The number of hydrogen-bond donors (Lipinski definition) is 0. The van der Waals surface area contributed by atoms with E-state index in [0.717, 1.165) is 0 Å². The van der Waals surface area contributed by atoms with Crippen molar-refractivity contribution >= 4 is 20.9 Å². The summed E-state index contributed by atoms with van der Waals surface area (Å²) >= 11 is 0.137. The number of hydrogen-bond acceptors (Lipinski definition) is 0. The Labute approximate surface area is 125 Å². The number of unbranched alkanes of at least 4 members (excludes halogenated alkanes) is 5. The predicted molar refractivity (Wildman–Crippen MR) is 86.4 cm³/mol. The van der Waals surface area contributed by atoms with Crippen LogP contribution in [0.3, 0.4) is 0 Å². The van der Waals surface area contributed by atoms with E-state index in [-0.39, 0.29) is 20.9 Å². The quantitative estimate of drug-likeness (QED) is 0.222. The van der Waals surface area contributed by atoms with E-state index in [0.29, 0.717) is 0 Å². The first-order valence-corrected chi connectivity index (χ1v) is 10.6. The van der Waals surface area contributed by atoms with Crippen LogP contribution in [0, 0.1) is 0 Å². The van der Waals surface area contributed by atoms with E-state index in [2.05, 4.69) is 39.0 Å². The minimum absolute atomic E-state index is 0.137. The molecule has 0 aliphatic carbocycles. The summed E-state index contributed by atoms with van der Waals surface area (Å²) in [6.45, 7) is 6.86. The van der Waals surface area contributed by atoms with Crippen molar-refractivity contribution in [3.05, 3.63) is 21.8 Å². The van der Waals surface area contributed by atoms with E-state index in [1.54, 1.807) is 3.62 Å². The summed E-state index contributed by atoms with van der Waals surface area (Å²) in [7, 11) is 0. The van der Waals surface area contributed by atoms with Crippen LogP contribution >= 0.6 is 0 Å². The second-order valence-corrected chi connectivity index (χ2v) is 8.35. The van der Waals surface area contributed by atoms with Gasteiger partial charge in [-0.25, -0.2) is 0 Å². The molecular weight excluding hydrogens is 332 g/mol. The van der Waals surface area contributed by atoms with Crippen LogP contribution < -0.4 is 0 Å². The van der Waals surface area contributed by atoms with Gasteiger partial charge in [0.15, 0.2) is 0 Å². The third-order valence-electron chi connectivity index (χ3n) is 2.95. The van der Waals surface area contributed by atoms with Crippen LogP contribution in [-0.2, 0) is 0 Å². The summed E-state index contributed by atoms with van der Waals surface area (Å²) < 4.78 is 3.30. The maximum absolute atomic E-state index is 2.45. The number of allylic oxidation sites excluding steroid dienone is 4. The maximum atomic E-state index is 2.45. The molecule has 0 amide bonds. The Morgan fingerprint density at radius 2 is 1.61 bits per heavy atom. The summed E-state index contributed by atoms with van der Waals surface area (Å²) in [5.41, 5.74) is 0. The van der Waals surface area contributed by atoms with Gasteiger partial charge in [0.05, 0.1) is 0 Å². The van der Waals surface area contributed by atoms with Gasteiger partial charge >= 0.3 is 126 Å². The molecule has 0 unspecified atom stereocenters. The Kier molecular flexibility index (Phi) is 15.6. The molecule has 0 aromatic carbocycles. The first-order valence-electron chi connectivity index (χ1n) is 7.83. The van der Waals surface area contributed by atoms with E-state index in [1.807, 2.05) is 0 Å². The first kappa shape index (κ1) is 18.3. The Morgan fingerprint density at radius 3 is 2.28 bits per heavy atom. The van der Waals surface area contributed by atoms with E-state index in [1.165, 1.54) is 62.3 Å². The van der Waals surface area contributed by atoms with Gasteiger partial charge in [-0.3, -0.25) is 0 Å². The molecule has 18 heavy (non-hydrogen) atoms. The molecule has 0 spiro atoms. The van der Waals surface area contributed by atoms with Crippen LogP contribution in [0.25, 0.3) is 0 Å². The molecule has 106 valence electrons. The SMILES string of the molecule is CCCC/C=C/C=C(\CCCCC)[Te]CCCC. The fourth-order valence-corrected chi connectivity index (χ4v) is 5.00. The second-order valence-electron chi connectivity index (χ2n) is 4.86. The van der Waals surface area contributed by atoms with Crippen molar-refractivity contribution in [3.8, 4) is 0 Å². The van der Waals surface area contributed by atoms with Gasteiger partial charge in [-0.15, -0.1) is 0 Å². The average molecular weight is 364 g/mol. The molecule has 0 aliphatic rings. The molecule has 0 aliphatic heterocycles. The van der Waals surface area contributed by atoms with Gasteiger partial charge in [-0.05, 0) is 0 Å². The molecule has 0 saturated heterocycles. The molecule has 0 saturated carbocycles. The molecule has 0 heterocycles. The Balaban J connectivity index is 3.99. The molecule has 0 N–H and O–H groups in total. The van der Waals surface area contributed by atoms with Crippen LogP contribution in [0.5, 0.6) is 0 Å². The fraction of sp³-hybridized carbons (Fsp3) is 0.765. The van der Waals surface area contributed by atoms with Gasteiger partial charge in [-0.2, -0.15) is 0 Å². The van der Waals surface area contributed by atoms with E-state index in [9.17, 15) is 0 Å². The van der Waals surface area contributed by atoms with E-state index < -0.39 is 0 Å². The van der Waals surface area contributed by atoms with Crippen molar-refractivity contribution in [2.45, 2.75) is 83.0 Å². The van der Waals surface area contributed by atoms with Gasteiger partial charge in [0.2, 0.25) is 0 Å². The summed E-state index contributed by atoms with van der Waals surface area (Å²) in [6, 6.07) is 0. The predicted octanol–water partition coefficient (Wildman–Crippen LogP) is 6.12. The van der Waals surface area contributed by atoms with Gasteiger partial charge in [0, 0.05) is 0 Å². The van der Waals surface area contributed by atoms with Crippen molar-refractivity contribution < 1.29 is 0 Å². The molecule has 1 heteroatoms. The van der Waals surface area contributed by atoms with Crippen molar-refractivity contribution in [3.63, 3.8) is 0 Å². The average Bonchev–Trinajstić information content (AvgIpc) is 2.38. The summed E-state index contributed by atoms with van der Waals surface area (Å²) in [6.07, 6.45) is 19.3. The zero-order valence-electron chi connectivity index (χ0n) is 12.7. The van der Waals surface area contributed by atoms with Crippen molar-refractivity contribution in [2.24, 2.45) is 0 Å². The van der Waals surface area contributed by atoms with Crippen LogP contribution in [-0.4, -0.2) is 20.9 Å². The molecular formula is C17H32Te. The molecule has 0 radical (unpaired) electrons. The second kappa shape index (κ2) is 15.3. The molecule has 0 fully saturated rings. The summed E-state index contributed by atoms with van der Waals surface area (Å²) in [4.78, 5) is 0. The molecule has 0 atom stereocenters. The van der Waals surface area contributed by atoms with Crippen molar-refractivity contribution in [1.82, 2.24) is 0 Å². The Morgan fingerprint density at radius 1 is 0.889 bits per heavy atom. The van der Waals surface area contributed by atoms with Crippen LogP contribution in [0.4, 0.5) is 0 Å². The zero-order chi connectivity index (χ0) is 13.5. The molecule has 0 bridgehead atoms. The van der Waals surface area contributed by atoms with E-state index >= 15 is 0 Å².